The van der Waals surface area contributed by atoms with Crippen LogP contribution in [0.2, 0.25) is 0 Å². The van der Waals surface area contributed by atoms with Gasteiger partial charge in [0.15, 0.2) is 0 Å². The minimum absolute atomic E-state index is 0.0419. The Morgan fingerprint density at radius 3 is 2.52 bits per heavy atom. The zero-order chi connectivity index (χ0) is 14.7. The first-order chi connectivity index (χ1) is 10.3. The van der Waals surface area contributed by atoms with E-state index in [4.69, 9.17) is 10.5 Å². The fraction of sp³-hybridized carbons (Fsp3) is 0.588. The number of benzene rings is 1. The Bertz CT molecular complexity index is 473. The van der Waals surface area contributed by atoms with Crippen molar-refractivity contribution in [2.75, 3.05) is 18.0 Å². The second-order valence-corrected chi connectivity index (χ2v) is 6.14. The lowest BCUT2D eigenvalue weighted by Gasteiger charge is -2.33. The molecule has 1 aliphatic heterocycles. The molecule has 0 unspecified atom stereocenters. The summed E-state index contributed by atoms with van der Waals surface area (Å²) in [6.07, 6.45) is 5.14. The van der Waals surface area contributed by atoms with Crippen molar-refractivity contribution in [1.82, 2.24) is 0 Å². The quantitative estimate of drug-likeness (QED) is 0.904. The third kappa shape index (κ3) is 3.27. The van der Waals surface area contributed by atoms with Crippen LogP contribution in [-0.4, -0.2) is 31.2 Å². The van der Waals surface area contributed by atoms with Crippen LogP contribution in [-0.2, 0) is 9.53 Å². The van der Waals surface area contributed by atoms with Gasteiger partial charge >= 0.3 is 0 Å². The number of hydrogen-bond donors (Lipinski definition) is 1. The van der Waals surface area contributed by atoms with Crippen LogP contribution < -0.4 is 10.6 Å². The summed E-state index contributed by atoms with van der Waals surface area (Å²) in [5.74, 6) is 0.741. The highest BCUT2D eigenvalue weighted by atomic mass is 16.5. The molecular weight excluding hydrogens is 264 g/mol. The van der Waals surface area contributed by atoms with Crippen LogP contribution in [0.15, 0.2) is 30.3 Å². The largest absolute Gasteiger partial charge is 0.364 e. The summed E-state index contributed by atoms with van der Waals surface area (Å²) in [4.78, 5) is 14.8. The number of hydrogen-bond acceptors (Lipinski definition) is 3. The van der Waals surface area contributed by atoms with Crippen LogP contribution >= 0.6 is 0 Å². The van der Waals surface area contributed by atoms with Crippen molar-refractivity contribution in [3.05, 3.63) is 30.3 Å². The second-order valence-electron chi connectivity index (χ2n) is 6.14. The fourth-order valence-electron chi connectivity index (χ4n) is 3.10. The number of nitrogens with two attached hydrogens (primary N) is 1. The van der Waals surface area contributed by atoms with Gasteiger partial charge < -0.3 is 15.4 Å². The molecule has 1 aromatic rings. The highest BCUT2D eigenvalue weighted by Gasteiger charge is 2.35. The van der Waals surface area contributed by atoms with Gasteiger partial charge in [-0.05, 0) is 43.7 Å². The Hall–Kier alpha value is -1.39. The summed E-state index contributed by atoms with van der Waals surface area (Å²) in [7, 11) is 0. The molecule has 1 saturated carbocycles. The van der Waals surface area contributed by atoms with Gasteiger partial charge in [-0.25, -0.2) is 0 Å². The molecule has 4 nitrogen and oxygen atoms in total. The Balaban J connectivity index is 1.73. The molecule has 1 saturated heterocycles. The Kier molecular flexibility index (Phi) is 4.56. The van der Waals surface area contributed by atoms with Gasteiger partial charge in [-0.1, -0.05) is 24.6 Å². The van der Waals surface area contributed by atoms with Crippen molar-refractivity contribution in [2.24, 2.45) is 11.7 Å². The molecule has 1 aliphatic carbocycles. The standard InChI is InChI=1S/C17H24N2O2/c18-11-15-9-10-16(21-15)17(20)19(12-13-5-4-6-13)14-7-2-1-3-8-14/h1-3,7-8,13,15-16H,4-6,9-12,18H2/t15-,16+/m1/s1. The lowest BCUT2D eigenvalue weighted by molar-refractivity contribution is -0.129. The number of carbonyl (C=O) groups excluding carboxylic acids is 1. The molecule has 21 heavy (non-hydrogen) atoms. The summed E-state index contributed by atoms with van der Waals surface area (Å²) in [6, 6.07) is 9.95. The smallest absolute Gasteiger partial charge is 0.256 e. The number of anilines is 1. The first-order valence-electron chi connectivity index (χ1n) is 8.00. The zero-order valence-electron chi connectivity index (χ0n) is 12.4. The van der Waals surface area contributed by atoms with Gasteiger partial charge in [0, 0.05) is 18.8 Å². The van der Waals surface area contributed by atoms with E-state index in [-0.39, 0.29) is 18.1 Å². The molecule has 3 rings (SSSR count). The summed E-state index contributed by atoms with van der Waals surface area (Å²) >= 11 is 0. The maximum atomic E-state index is 12.8. The van der Waals surface area contributed by atoms with Gasteiger partial charge in [-0.2, -0.15) is 0 Å². The van der Waals surface area contributed by atoms with Crippen molar-refractivity contribution in [3.8, 4) is 0 Å². The normalized spacial score (nSPS) is 25.6. The van der Waals surface area contributed by atoms with E-state index in [1.165, 1.54) is 19.3 Å². The van der Waals surface area contributed by atoms with Crippen molar-refractivity contribution in [2.45, 2.75) is 44.3 Å². The average Bonchev–Trinajstić information content (AvgIpc) is 2.95. The lowest BCUT2D eigenvalue weighted by Crippen LogP contribution is -2.43. The van der Waals surface area contributed by atoms with Crippen LogP contribution in [0.1, 0.15) is 32.1 Å². The van der Waals surface area contributed by atoms with Crippen LogP contribution in [0.4, 0.5) is 5.69 Å². The predicted octanol–water partition coefficient (Wildman–Crippen LogP) is 2.33. The van der Waals surface area contributed by atoms with E-state index in [0.717, 1.165) is 25.1 Å². The first kappa shape index (κ1) is 14.5. The second kappa shape index (κ2) is 6.58. The minimum atomic E-state index is -0.321. The van der Waals surface area contributed by atoms with Gasteiger partial charge in [0.1, 0.15) is 6.10 Å². The molecule has 2 atom stereocenters. The van der Waals surface area contributed by atoms with Crippen LogP contribution in [0.25, 0.3) is 0 Å². The topological polar surface area (TPSA) is 55.6 Å². The molecule has 114 valence electrons. The molecule has 4 heteroatoms. The van der Waals surface area contributed by atoms with E-state index in [9.17, 15) is 4.79 Å². The summed E-state index contributed by atoms with van der Waals surface area (Å²) in [5.41, 5.74) is 6.63. The molecule has 1 amide bonds. The highest BCUT2D eigenvalue weighted by Crippen LogP contribution is 2.30. The van der Waals surface area contributed by atoms with Gasteiger partial charge in [0.05, 0.1) is 6.10 Å². The Labute approximate surface area is 126 Å². The molecule has 1 heterocycles. The fourth-order valence-corrected chi connectivity index (χ4v) is 3.10. The number of amides is 1. The molecule has 2 fully saturated rings. The van der Waals surface area contributed by atoms with Crippen molar-refractivity contribution < 1.29 is 9.53 Å². The number of ether oxygens (including phenoxy) is 1. The van der Waals surface area contributed by atoms with Crippen LogP contribution in [0.5, 0.6) is 0 Å². The van der Waals surface area contributed by atoms with Gasteiger partial charge in [0.25, 0.3) is 5.91 Å². The molecule has 0 radical (unpaired) electrons. The van der Waals surface area contributed by atoms with Crippen LogP contribution in [0.3, 0.4) is 0 Å². The molecule has 2 aliphatic rings. The summed E-state index contributed by atoms with van der Waals surface area (Å²) in [6.45, 7) is 1.31. The van der Waals surface area contributed by atoms with E-state index >= 15 is 0 Å². The van der Waals surface area contributed by atoms with E-state index in [0.29, 0.717) is 12.5 Å². The third-order valence-electron chi connectivity index (χ3n) is 4.65. The molecule has 0 aromatic heterocycles. The number of para-hydroxylation sites is 1. The van der Waals surface area contributed by atoms with Crippen molar-refractivity contribution >= 4 is 11.6 Å². The Morgan fingerprint density at radius 2 is 1.95 bits per heavy atom. The number of nitrogens with zero attached hydrogens (tertiary/aromatic N) is 1. The summed E-state index contributed by atoms with van der Waals surface area (Å²) in [5, 5.41) is 0. The van der Waals surface area contributed by atoms with Crippen LogP contribution in [0, 0.1) is 5.92 Å². The highest BCUT2D eigenvalue weighted by molar-refractivity contribution is 5.96. The monoisotopic (exact) mass is 288 g/mol. The van der Waals surface area contributed by atoms with E-state index < -0.39 is 0 Å². The Morgan fingerprint density at radius 1 is 1.19 bits per heavy atom. The molecule has 2 N–H and O–H groups in total. The molecular formula is C17H24N2O2. The average molecular weight is 288 g/mol. The summed E-state index contributed by atoms with van der Waals surface area (Å²) < 4.78 is 5.79. The molecule has 0 spiro atoms. The van der Waals surface area contributed by atoms with Gasteiger partial charge in [0.2, 0.25) is 0 Å². The van der Waals surface area contributed by atoms with E-state index in [1.807, 2.05) is 35.2 Å². The van der Waals surface area contributed by atoms with E-state index in [1.54, 1.807) is 0 Å². The molecule has 1 aromatic carbocycles. The predicted molar refractivity (Wildman–Crippen MR) is 83.1 cm³/mol. The molecule has 0 bridgehead atoms. The van der Waals surface area contributed by atoms with Crippen molar-refractivity contribution in [3.63, 3.8) is 0 Å². The zero-order valence-corrected chi connectivity index (χ0v) is 12.4. The SMILES string of the molecule is NC[C@H]1CC[C@@H](C(=O)N(CC2CCC2)c2ccccc2)O1. The number of carbonyl (C=O) groups is 1. The maximum absolute atomic E-state index is 12.8. The minimum Gasteiger partial charge on any atom is -0.364 e. The first-order valence-corrected chi connectivity index (χ1v) is 8.00. The van der Waals surface area contributed by atoms with Crippen molar-refractivity contribution in [1.29, 1.82) is 0 Å². The van der Waals surface area contributed by atoms with E-state index in [2.05, 4.69) is 0 Å². The maximum Gasteiger partial charge on any atom is 0.256 e. The lowest BCUT2D eigenvalue weighted by atomic mass is 9.85. The third-order valence-corrected chi connectivity index (χ3v) is 4.65. The van der Waals surface area contributed by atoms with Gasteiger partial charge in [-0.3, -0.25) is 4.79 Å². The number of rotatable bonds is 5. The van der Waals surface area contributed by atoms with Gasteiger partial charge in [-0.15, -0.1) is 0 Å².